The highest BCUT2D eigenvalue weighted by molar-refractivity contribution is 7.99. The molecule has 4 nitrogen and oxygen atoms in total. The van der Waals surface area contributed by atoms with Crippen molar-refractivity contribution in [3.05, 3.63) is 17.0 Å². The Morgan fingerprint density at radius 3 is 2.45 bits per heavy atom. The molecule has 2 rings (SSSR count). The summed E-state index contributed by atoms with van der Waals surface area (Å²) < 4.78 is 0. The van der Waals surface area contributed by atoms with Crippen molar-refractivity contribution in [2.75, 3.05) is 5.75 Å². The van der Waals surface area contributed by atoms with Gasteiger partial charge < -0.3 is 5.32 Å². The van der Waals surface area contributed by atoms with Gasteiger partial charge in [-0.2, -0.15) is 0 Å². The zero-order valence-electron chi connectivity index (χ0n) is 14.3. The fourth-order valence-corrected chi connectivity index (χ4v) is 3.72. The van der Waals surface area contributed by atoms with Gasteiger partial charge in [0, 0.05) is 17.4 Å². The lowest BCUT2D eigenvalue weighted by Gasteiger charge is -2.34. The fourth-order valence-electron chi connectivity index (χ4n) is 2.97. The molecule has 0 aliphatic heterocycles. The molecule has 1 N–H and O–H groups in total. The topological polar surface area (TPSA) is 54.9 Å². The molecule has 22 heavy (non-hydrogen) atoms. The number of rotatable bonds is 4. The highest BCUT2D eigenvalue weighted by atomic mass is 32.2. The summed E-state index contributed by atoms with van der Waals surface area (Å²) in [4.78, 5) is 21.1. The van der Waals surface area contributed by atoms with Crippen LogP contribution in [0.1, 0.15) is 50.1 Å². The van der Waals surface area contributed by atoms with Crippen LogP contribution in [0.15, 0.2) is 5.16 Å². The van der Waals surface area contributed by atoms with Crippen LogP contribution in [0.25, 0.3) is 0 Å². The third-order valence-electron chi connectivity index (χ3n) is 5.00. The molecule has 1 aliphatic rings. The molecule has 1 saturated carbocycles. The molecule has 0 bridgehead atoms. The van der Waals surface area contributed by atoms with E-state index in [4.69, 9.17) is 0 Å². The van der Waals surface area contributed by atoms with Crippen molar-refractivity contribution in [1.29, 1.82) is 0 Å². The molecule has 1 heterocycles. The molecule has 1 fully saturated rings. The average molecular weight is 321 g/mol. The quantitative estimate of drug-likeness (QED) is 0.682. The Labute approximate surface area is 137 Å². The van der Waals surface area contributed by atoms with Gasteiger partial charge in [-0.15, -0.1) is 0 Å². The molecular formula is C17H27N3OS. The third kappa shape index (κ3) is 4.22. The summed E-state index contributed by atoms with van der Waals surface area (Å²) in [5.74, 6) is 1.73. The van der Waals surface area contributed by atoms with Gasteiger partial charge in [-0.3, -0.25) is 4.79 Å². The van der Waals surface area contributed by atoms with E-state index in [1.807, 2.05) is 20.8 Å². The first-order chi connectivity index (χ1) is 10.4. The van der Waals surface area contributed by atoms with Crippen LogP contribution < -0.4 is 5.32 Å². The van der Waals surface area contributed by atoms with Gasteiger partial charge in [0.1, 0.15) is 0 Å². The minimum atomic E-state index is 0.0930. The van der Waals surface area contributed by atoms with Crippen LogP contribution in [0.3, 0.4) is 0 Å². The molecule has 1 aromatic heterocycles. The summed E-state index contributed by atoms with van der Waals surface area (Å²) in [6, 6.07) is 0.319. The van der Waals surface area contributed by atoms with Crippen LogP contribution in [0.2, 0.25) is 0 Å². The number of carbonyl (C=O) groups excluding carboxylic acids is 1. The Kier molecular flexibility index (Phi) is 5.84. The maximum Gasteiger partial charge on any atom is 0.230 e. The smallest absolute Gasteiger partial charge is 0.230 e. The highest BCUT2D eigenvalue weighted by Gasteiger charge is 2.28. The van der Waals surface area contributed by atoms with Crippen molar-refractivity contribution < 1.29 is 4.79 Å². The standard InChI is InChI=1S/C17H27N3OS/c1-10-7-6-8-15(11(10)2)20-16(21)9-22-17-18-13(4)12(3)14(5)19-17/h10-11,15H,6-9H2,1-5H3,(H,20,21)/t10-,11-,15-/m0/s1. The van der Waals surface area contributed by atoms with Crippen molar-refractivity contribution in [1.82, 2.24) is 15.3 Å². The van der Waals surface area contributed by atoms with Crippen molar-refractivity contribution in [2.45, 2.75) is 65.1 Å². The van der Waals surface area contributed by atoms with E-state index in [1.165, 1.54) is 24.6 Å². The van der Waals surface area contributed by atoms with E-state index in [1.54, 1.807) is 0 Å². The minimum absolute atomic E-state index is 0.0930. The first-order valence-corrected chi connectivity index (χ1v) is 9.11. The Morgan fingerprint density at radius 1 is 1.18 bits per heavy atom. The highest BCUT2D eigenvalue weighted by Crippen LogP contribution is 2.29. The van der Waals surface area contributed by atoms with Gasteiger partial charge >= 0.3 is 0 Å². The van der Waals surface area contributed by atoms with Crippen molar-refractivity contribution in [2.24, 2.45) is 11.8 Å². The van der Waals surface area contributed by atoms with Crippen molar-refractivity contribution >= 4 is 17.7 Å². The predicted octanol–water partition coefficient (Wildman–Crippen LogP) is 3.43. The van der Waals surface area contributed by atoms with Crippen LogP contribution in [-0.2, 0) is 4.79 Å². The van der Waals surface area contributed by atoms with Gasteiger partial charge in [0.15, 0.2) is 5.16 Å². The number of aryl methyl sites for hydroxylation is 2. The number of nitrogens with zero attached hydrogens (tertiary/aromatic N) is 2. The third-order valence-corrected chi connectivity index (χ3v) is 5.84. The van der Waals surface area contributed by atoms with Crippen LogP contribution >= 0.6 is 11.8 Å². The molecule has 0 unspecified atom stereocenters. The van der Waals surface area contributed by atoms with Crippen molar-refractivity contribution in [3.8, 4) is 0 Å². The van der Waals surface area contributed by atoms with Gasteiger partial charge in [-0.05, 0) is 44.6 Å². The summed E-state index contributed by atoms with van der Waals surface area (Å²) in [6.07, 6.45) is 3.59. The number of thioether (sulfide) groups is 1. The minimum Gasteiger partial charge on any atom is -0.352 e. The summed E-state index contributed by atoms with van der Waals surface area (Å²) in [5.41, 5.74) is 3.11. The number of hydrogen-bond donors (Lipinski definition) is 1. The second kappa shape index (κ2) is 7.44. The second-order valence-corrected chi connectivity index (χ2v) is 7.47. The molecule has 1 aromatic rings. The monoisotopic (exact) mass is 321 g/mol. The normalized spacial score (nSPS) is 25.0. The summed E-state index contributed by atoms with van der Waals surface area (Å²) in [7, 11) is 0. The first-order valence-electron chi connectivity index (χ1n) is 8.12. The maximum absolute atomic E-state index is 12.2. The van der Waals surface area contributed by atoms with Crippen LogP contribution in [-0.4, -0.2) is 27.7 Å². The molecule has 1 aliphatic carbocycles. The molecule has 0 aromatic carbocycles. The first kappa shape index (κ1) is 17.3. The van der Waals surface area contributed by atoms with Crippen LogP contribution in [0.5, 0.6) is 0 Å². The van der Waals surface area contributed by atoms with E-state index in [9.17, 15) is 4.79 Å². The lowest BCUT2D eigenvalue weighted by atomic mass is 9.78. The van der Waals surface area contributed by atoms with E-state index in [2.05, 4.69) is 29.1 Å². The molecule has 0 spiro atoms. The number of hydrogen-bond acceptors (Lipinski definition) is 4. The van der Waals surface area contributed by atoms with Gasteiger partial charge in [-0.25, -0.2) is 9.97 Å². The number of amides is 1. The zero-order chi connectivity index (χ0) is 16.3. The van der Waals surface area contributed by atoms with E-state index in [0.717, 1.165) is 23.4 Å². The summed E-state index contributed by atoms with van der Waals surface area (Å²) >= 11 is 1.42. The second-order valence-electron chi connectivity index (χ2n) is 6.53. The number of carbonyl (C=O) groups is 1. The Hall–Kier alpha value is -1.10. The SMILES string of the molecule is Cc1nc(SCC(=O)N[C@H]2CCC[C@H](C)[C@@H]2C)nc(C)c1C. The Morgan fingerprint density at radius 2 is 1.82 bits per heavy atom. The van der Waals surface area contributed by atoms with Crippen molar-refractivity contribution in [3.63, 3.8) is 0 Å². The molecule has 3 atom stereocenters. The number of aromatic nitrogens is 2. The van der Waals surface area contributed by atoms with Crippen LogP contribution in [0.4, 0.5) is 0 Å². The zero-order valence-corrected chi connectivity index (χ0v) is 15.1. The van der Waals surface area contributed by atoms with E-state index < -0.39 is 0 Å². The Bertz CT molecular complexity index is 524. The van der Waals surface area contributed by atoms with Gasteiger partial charge in [-0.1, -0.05) is 38.5 Å². The fraction of sp³-hybridized carbons (Fsp3) is 0.706. The van der Waals surface area contributed by atoms with Gasteiger partial charge in [0.2, 0.25) is 5.91 Å². The predicted molar refractivity (Wildman–Crippen MR) is 91.1 cm³/mol. The summed E-state index contributed by atoms with van der Waals surface area (Å²) in [6.45, 7) is 10.5. The maximum atomic E-state index is 12.2. The van der Waals surface area contributed by atoms with Gasteiger partial charge in [0.05, 0.1) is 5.75 Å². The molecule has 0 radical (unpaired) electrons. The average Bonchev–Trinajstić information content (AvgIpc) is 2.47. The van der Waals surface area contributed by atoms with E-state index >= 15 is 0 Å². The molecule has 0 saturated heterocycles. The molecule has 122 valence electrons. The largest absolute Gasteiger partial charge is 0.352 e. The van der Waals surface area contributed by atoms with Crippen LogP contribution in [0, 0.1) is 32.6 Å². The molecule has 5 heteroatoms. The lowest BCUT2D eigenvalue weighted by molar-refractivity contribution is -0.120. The van der Waals surface area contributed by atoms with Gasteiger partial charge in [0.25, 0.3) is 0 Å². The molecular weight excluding hydrogens is 294 g/mol. The number of nitrogens with one attached hydrogen (secondary N) is 1. The lowest BCUT2D eigenvalue weighted by Crippen LogP contribution is -2.44. The van der Waals surface area contributed by atoms with E-state index in [-0.39, 0.29) is 5.91 Å². The molecule has 1 amide bonds. The summed E-state index contributed by atoms with van der Waals surface area (Å²) in [5, 5.41) is 3.89. The van der Waals surface area contributed by atoms with E-state index in [0.29, 0.717) is 28.8 Å². The Balaban J connectivity index is 1.88.